The van der Waals surface area contributed by atoms with Gasteiger partial charge in [-0.1, -0.05) is 0 Å². The van der Waals surface area contributed by atoms with Gasteiger partial charge in [-0.2, -0.15) is 23.4 Å². The normalized spacial score (nSPS) is 11.3. The van der Waals surface area contributed by atoms with Crippen LogP contribution in [0.1, 0.15) is 16.1 Å². The second-order valence-electron chi connectivity index (χ2n) is 6.05. The van der Waals surface area contributed by atoms with E-state index in [-0.39, 0.29) is 23.3 Å². The molecule has 1 amide bonds. The number of aryl methyl sites for hydroxylation is 1. The minimum atomic E-state index is -4.48. The number of carbonyl (C=O) groups excluding carboxylic acids is 1. The first-order valence-corrected chi connectivity index (χ1v) is 8.37. The van der Waals surface area contributed by atoms with E-state index >= 15 is 0 Å². The maximum absolute atomic E-state index is 12.2. The first-order chi connectivity index (χ1) is 13.7. The minimum Gasteiger partial charge on any atom is -0.487 e. The number of halogens is 3. The van der Waals surface area contributed by atoms with Crippen LogP contribution >= 0.6 is 0 Å². The van der Waals surface area contributed by atoms with Gasteiger partial charge in [0.2, 0.25) is 5.43 Å². The number of nitrogens with one attached hydrogen (secondary N) is 1. The molecule has 1 N–H and O–H groups in total. The second kappa shape index (κ2) is 8.17. The molecule has 2 heterocycles. The van der Waals surface area contributed by atoms with Crippen LogP contribution in [-0.2, 0) is 13.7 Å². The van der Waals surface area contributed by atoms with Crippen LogP contribution in [0.3, 0.4) is 0 Å². The first-order valence-electron chi connectivity index (χ1n) is 8.37. The zero-order valence-corrected chi connectivity index (χ0v) is 15.2. The van der Waals surface area contributed by atoms with E-state index < -0.39 is 18.6 Å². The number of alkyl halides is 3. The molecule has 8 nitrogen and oxygen atoms in total. The summed E-state index contributed by atoms with van der Waals surface area (Å²) in [6, 6.07) is 6.85. The van der Waals surface area contributed by atoms with E-state index in [2.05, 4.69) is 10.2 Å². The van der Waals surface area contributed by atoms with E-state index in [9.17, 15) is 22.8 Å². The lowest BCUT2D eigenvalue weighted by atomic mass is 10.2. The van der Waals surface area contributed by atoms with Crippen molar-refractivity contribution in [1.82, 2.24) is 24.9 Å². The number of ether oxygens (including phenoxy) is 1. The molecule has 3 rings (SSSR count). The Balaban J connectivity index is 1.64. The highest BCUT2D eigenvalue weighted by molar-refractivity contribution is 5.94. The number of hydrogen-bond acceptors (Lipinski definition) is 5. The molecule has 0 unspecified atom stereocenters. The Morgan fingerprint density at radius 1 is 1.21 bits per heavy atom. The summed E-state index contributed by atoms with van der Waals surface area (Å²) in [6.07, 6.45) is 0.344. The van der Waals surface area contributed by atoms with Crippen LogP contribution in [0, 0.1) is 0 Å². The van der Waals surface area contributed by atoms with E-state index in [1.807, 2.05) is 0 Å². The molecule has 3 aromatic rings. The van der Waals surface area contributed by atoms with Gasteiger partial charge >= 0.3 is 6.18 Å². The first kappa shape index (κ1) is 20.1. The Bertz CT molecular complexity index is 1060. The molecule has 0 saturated heterocycles. The summed E-state index contributed by atoms with van der Waals surface area (Å²) in [5, 5.41) is 10.0. The van der Waals surface area contributed by atoms with Crippen molar-refractivity contribution in [2.75, 3.05) is 6.54 Å². The molecule has 1 aromatic carbocycles. The summed E-state index contributed by atoms with van der Waals surface area (Å²) < 4.78 is 45.1. The molecular weight excluding hydrogens is 391 g/mol. The molecule has 29 heavy (non-hydrogen) atoms. The summed E-state index contributed by atoms with van der Waals surface area (Å²) in [4.78, 5) is 23.7. The molecule has 11 heteroatoms. The number of carbonyl (C=O) groups is 1. The number of hydrogen-bond donors (Lipinski definition) is 1. The lowest BCUT2D eigenvalue weighted by Crippen LogP contribution is -2.33. The van der Waals surface area contributed by atoms with Crippen molar-refractivity contribution >= 4 is 5.91 Å². The van der Waals surface area contributed by atoms with Crippen LogP contribution < -0.4 is 15.5 Å². The van der Waals surface area contributed by atoms with E-state index in [0.717, 1.165) is 0 Å². The largest absolute Gasteiger partial charge is 0.487 e. The van der Waals surface area contributed by atoms with Crippen molar-refractivity contribution in [3.8, 4) is 11.4 Å². The fraction of sp³-hybridized carbons (Fsp3) is 0.222. The zero-order chi connectivity index (χ0) is 21.0. The molecule has 0 aliphatic carbocycles. The number of benzene rings is 1. The molecule has 0 aliphatic rings. The van der Waals surface area contributed by atoms with Crippen LogP contribution in [0.25, 0.3) is 5.69 Å². The Morgan fingerprint density at radius 2 is 1.93 bits per heavy atom. The molecule has 0 radical (unpaired) electrons. The molecule has 0 bridgehead atoms. The standard InChI is InChI=1S/C18H16F3N5O3/c1-25-9-13(8-23-25)26-7-6-16(27)15(24-26)10-29-14-4-2-12(3-5-14)17(28)22-11-18(19,20)21/h2-9H,10-11H2,1H3,(H,22,28). The number of rotatable bonds is 6. The molecule has 152 valence electrons. The van der Waals surface area contributed by atoms with Crippen LogP contribution in [-0.4, -0.2) is 38.2 Å². The number of aromatic nitrogens is 4. The average Bonchev–Trinajstić information content (AvgIpc) is 3.11. The Morgan fingerprint density at radius 3 is 2.55 bits per heavy atom. The van der Waals surface area contributed by atoms with Crippen molar-refractivity contribution in [2.45, 2.75) is 12.8 Å². The van der Waals surface area contributed by atoms with Gasteiger partial charge in [0.05, 0.1) is 12.4 Å². The highest BCUT2D eigenvalue weighted by atomic mass is 19.4. The van der Waals surface area contributed by atoms with Crippen LogP contribution in [0.15, 0.2) is 53.7 Å². The maximum atomic E-state index is 12.2. The van der Waals surface area contributed by atoms with Crippen molar-refractivity contribution in [3.63, 3.8) is 0 Å². The lowest BCUT2D eigenvalue weighted by Gasteiger charge is -2.10. The van der Waals surface area contributed by atoms with Gasteiger partial charge < -0.3 is 10.1 Å². The highest BCUT2D eigenvalue weighted by Crippen LogP contribution is 2.15. The minimum absolute atomic E-state index is 0.0540. The third kappa shape index (κ3) is 5.43. The molecule has 0 spiro atoms. The summed E-state index contributed by atoms with van der Waals surface area (Å²) >= 11 is 0. The zero-order valence-electron chi connectivity index (χ0n) is 15.2. The predicted octanol–water partition coefficient (Wildman–Crippen LogP) is 1.84. The van der Waals surface area contributed by atoms with Gasteiger partial charge in [-0.05, 0) is 24.3 Å². The predicted molar refractivity (Wildman–Crippen MR) is 95.8 cm³/mol. The van der Waals surface area contributed by atoms with Gasteiger partial charge in [-0.3, -0.25) is 14.3 Å². The summed E-state index contributed by atoms with van der Waals surface area (Å²) in [5.74, 6) is -0.520. The summed E-state index contributed by atoms with van der Waals surface area (Å²) in [7, 11) is 1.75. The van der Waals surface area contributed by atoms with Crippen LogP contribution in [0.2, 0.25) is 0 Å². The quantitative estimate of drug-likeness (QED) is 0.673. The summed E-state index contributed by atoms with van der Waals surface area (Å²) in [5.41, 5.74) is 0.568. The monoisotopic (exact) mass is 407 g/mol. The highest BCUT2D eigenvalue weighted by Gasteiger charge is 2.27. The van der Waals surface area contributed by atoms with Gasteiger partial charge in [0.1, 0.15) is 30.3 Å². The number of nitrogens with zero attached hydrogens (tertiary/aromatic N) is 4. The van der Waals surface area contributed by atoms with Crippen molar-refractivity contribution in [3.05, 3.63) is 70.4 Å². The van der Waals surface area contributed by atoms with Gasteiger partial charge in [-0.25, -0.2) is 4.68 Å². The Hall–Kier alpha value is -3.63. The lowest BCUT2D eigenvalue weighted by molar-refractivity contribution is -0.123. The second-order valence-corrected chi connectivity index (χ2v) is 6.05. The third-order valence-corrected chi connectivity index (χ3v) is 3.78. The average molecular weight is 407 g/mol. The topological polar surface area (TPSA) is 91.0 Å². The SMILES string of the molecule is Cn1cc(-n2ccc(=O)c(COc3ccc(C(=O)NCC(F)(F)F)cc3)n2)cn1. The fourth-order valence-electron chi connectivity index (χ4n) is 2.35. The van der Waals surface area contributed by atoms with Gasteiger partial charge in [-0.15, -0.1) is 0 Å². The third-order valence-electron chi connectivity index (χ3n) is 3.78. The summed E-state index contributed by atoms with van der Waals surface area (Å²) in [6.45, 7) is -1.54. The van der Waals surface area contributed by atoms with Crippen LogP contribution in [0.4, 0.5) is 13.2 Å². The smallest absolute Gasteiger partial charge is 0.405 e. The van der Waals surface area contributed by atoms with Crippen molar-refractivity contribution in [1.29, 1.82) is 0 Å². The van der Waals surface area contributed by atoms with Crippen molar-refractivity contribution in [2.24, 2.45) is 7.05 Å². The molecular formula is C18H16F3N5O3. The Labute approximate surface area is 162 Å². The molecule has 0 fully saturated rings. The molecule has 0 atom stereocenters. The maximum Gasteiger partial charge on any atom is 0.405 e. The fourth-order valence-corrected chi connectivity index (χ4v) is 2.35. The van der Waals surface area contributed by atoms with Gasteiger partial charge in [0, 0.05) is 24.9 Å². The molecule has 2 aromatic heterocycles. The van der Waals surface area contributed by atoms with Crippen molar-refractivity contribution < 1.29 is 22.7 Å². The van der Waals surface area contributed by atoms with Gasteiger partial charge in [0.25, 0.3) is 5.91 Å². The van der Waals surface area contributed by atoms with Crippen LogP contribution in [0.5, 0.6) is 5.75 Å². The Kier molecular flexibility index (Phi) is 5.66. The van der Waals surface area contributed by atoms with E-state index in [4.69, 9.17) is 4.74 Å². The van der Waals surface area contributed by atoms with E-state index in [1.54, 1.807) is 29.4 Å². The van der Waals surface area contributed by atoms with E-state index in [0.29, 0.717) is 11.4 Å². The number of amides is 1. The van der Waals surface area contributed by atoms with Gasteiger partial charge in [0.15, 0.2) is 0 Å². The van der Waals surface area contributed by atoms with E-state index in [1.165, 1.54) is 41.2 Å². The molecule has 0 aliphatic heterocycles. The molecule has 0 saturated carbocycles.